The van der Waals surface area contributed by atoms with Crippen LogP contribution in [0.2, 0.25) is 0 Å². The first kappa shape index (κ1) is 15.1. The van der Waals surface area contributed by atoms with Gasteiger partial charge < -0.3 is 20.1 Å². The van der Waals surface area contributed by atoms with Crippen LogP contribution in [0.25, 0.3) is 0 Å². The third-order valence-corrected chi connectivity index (χ3v) is 4.75. The second-order valence-corrected chi connectivity index (χ2v) is 7.67. The van der Waals surface area contributed by atoms with E-state index in [2.05, 4.69) is 10.6 Å². The molecule has 3 fully saturated rings. The highest BCUT2D eigenvalue weighted by molar-refractivity contribution is 5.68. The van der Waals surface area contributed by atoms with Gasteiger partial charge in [-0.3, -0.25) is 0 Å². The average molecular weight is 296 g/mol. The number of carbonyl (C=O) groups is 1. The van der Waals surface area contributed by atoms with Gasteiger partial charge in [0.15, 0.2) is 0 Å². The van der Waals surface area contributed by atoms with Crippen molar-refractivity contribution in [1.29, 1.82) is 0 Å². The van der Waals surface area contributed by atoms with Gasteiger partial charge in [0.25, 0.3) is 0 Å². The molecule has 120 valence electrons. The average Bonchev–Trinajstić information content (AvgIpc) is 3.04. The quantitative estimate of drug-likeness (QED) is 0.839. The summed E-state index contributed by atoms with van der Waals surface area (Å²) in [6.07, 6.45) is 7.37. The number of amides is 1. The van der Waals surface area contributed by atoms with E-state index in [-0.39, 0.29) is 12.1 Å². The molecule has 2 N–H and O–H groups in total. The molecule has 21 heavy (non-hydrogen) atoms. The van der Waals surface area contributed by atoms with Gasteiger partial charge in [0.05, 0.1) is 12.2 Å². The molecule has 1 aliphatic carbocycles. The molecule has 5 nitrogen and oxygen atoms in total. The fraction of sp³-hybridized carbons (Fsp3) is 0.938. The van der Waals surface area contributed by atoms with E-state index in [1.165, 1.54) is 12.8 Å². The van der Waals surface area contributed by atoms with Crippen LogP contribution < -0.4 is 10.6 Å². The second-order valence-electron chi connectivity index (χ2n) is 7.67. The van der Waals surface area contributed by atoms with Gasteiger partial charge in [-0.15, -0.1) is 0 Å². The summed E-state index contributed by atoms with van der Waals surface area (Å²) in [7, 11) is 0. The molecule has 2 aliphatic heterocycles. The zero-order valence-corrected chi connectivity index (χ0v) is 13.4. The fourth-order valence-corrected chi connectivity index (χ4v) is 3.88. The van der Waals surface area contributed by atoms with Crippen LogP contribution in [0, 0.1) is 0 Å². The van der Waals surface area contributed by atoms with Crippen molar-refractivity contribution < 1.29 is 14.3 Å². The molecule has 1 amide bonds. The molecule has 0 aromatic carbocycles. The van der Waals surface area contributed by atoms with Crippen LogP contribution in [0.15, 0.2) is 0 Å². The molecule has 0 spiro atoms. The first-order valence-electron chi connectivity index (χ1n) is 8.32. The molecule has 5 atom stereocenters. The van der Waals surface area contributed by atoms with Crippen molar-refractivity contribution in [3.05, 3.63) is 0 Å². The fourth-order valence-electron chi connectivity index (χ4n) is 3.88. The van der Waals surface area contributed by atoms with Crippen LogP contribution in [0.5, 0.6) is 0 Å². The Hall–Kier alpha value is -0.810. The van der Waals surface area contributed by atoms with E-state index in [1.54, 1.807) is 0 Å². The standard InChI is InChI=1S/C16H28N2O3/c1-16(2,3)21-15(19)18-12-6-4-5-11(12)17-13-9-10-7-8-14(13)20-10/h10-14,17H,4-9H2,1-3H3,(H,18,19)/t10-,11-,12-,13-,14-/m1/s1. The van der Waals surface area contributed by atoms with E-state index in [0.717, 1.165) is 25.7 Å². The van der Waals surface area contributed by atoms with Gasteiger partial charge in [-0.1, -0.05) is 0 Å². The first-order valence-corrected chi connectivity index (χ1v) is 8.32. The minimum Gasteiger partial charge on any atom is -0.444 e. The third kappa shape index (κ3) is 3.69. The number of ether oxygens (including phenoxy) is 2. The van der Waals surface area contributed by atoms with Crippen molar-refractivity contribution in [3.8, 4) is 0 Å². The Morgan fingerprint density at radius 2 is 1.86 bits per heavy atom. The molecule has 1 saturated carbocycles. The summed E-state index contributed by atoms with van der Waals surface area (Å²) in [5.41, 5.74) is -0.440. The lowest BCUT2D eigenvalue weighted by Crippen LogP contribution is -2.52. The van der Waals surface area contributed by atoms with Crippen molar-refractivity contribution in [2.24, 2.45) is 0 Å². The molecule has 2 saturated heterocycles. The number of nitrogens with one attached hydrogen (secondary N) is 2. The van der Waals surface area contributed by atoms with Crippen molar-refractivity contribution in [2.75, 3.05) is 0 Å². The number of rotatable bonds is 3. The molecular formula is C16H28N2O3. The number of fused-ring (bicyclic) bond motifs is 2. The number of hydrogen-bond donors (Lipinski definition) is 2. The lowest BCUT2D eigenvalue weighted by molar-refractivity contribution is 0.0495. The summed E-state index contributed by atoms with van der Waals surface area (Å²) in [4.78, 5) is 11.9. The highest BCUT2D eigenvalue weighted by Gasteiger charge is 2.43. The van der Waals surface area contributed by atoms with E-state index in [9.17, 15) is 4.79 Å². The predicted octanol–water partition coefficient (Wildman–Crippen LogP) is 2.34. The Morgan fingerprint density at radius 1 is 1.10 bits per heavy atom. The Labute approximate surface area is 127 Å². The third-order valence-electron chi connectivity index (χ3n) is 4.75. The normalized spacial score (nSPS) is 38.7. The zero-order chi connectivity index (χ0) is 15.0. The molecule has 3 aliphatic rings. The van der Waals surface area contributed by atoms with Crippen LogP contribution in [0.1, 0.15) is 59.3 Å². The lowest BCUT2D eigenvalue weighted by atomic mass is 9.94. The van der Waals surface area contributed by atoms with E-state index in [1.807, 2.05) is 20.8 Å². The summed E-state index contributed by atoms with van der Waals surface area (Å²) < 4.78 is 11.3. The smallest absolute Gasteiger partial charge is 0.407 e. The maximum atomic E-state index is 11.9. The highest BCUT2D eigenvalue weighted by Crippen LogP contribution is 2.35. The number of carbonyl (C=O) groups excluding carboxylic acids is 1. The molecule has 5 heteroatoms. The second kappa shape index (κ2) is 5.76. The molecule has 3 rings (SSSR count). The molecular weight excluding hydrogens is 268 g/mol. The molecule has 2 heterocycles. The SMILES string of the molecule is CC(C)(C)OC(=O)N[C@@H]1CCC[C@H]1N[C@@H]1C[C@H]2CC[C@H]1O2. The van der Waals surface area contributed by atoms with Crippen LogP contribution in [0.4, 0.5) is 4.79 Å². The first-order chi connectivity index (χ1) is 9.90. The van der Waals surface area contributed by atoms with E-state index in [4.69, 9.17) is 9.47 Å². The molecule has 0 unspecified atom stereocenters. The zero-order valence-electron chi connectivity index (χ0n) is 13.4. The van der Waals surface area contributed by atoms with Crippen molar-refractivity contribution in [2.45, 2.75) is 95.2 Å². The number of alkyl carbamates (subject to hydrolysis) is 1. The minimum atomic E-state index is -0.440. The predicted molar refractivity (Wildman–Crippen MR) is 80.2 cm³/mol. The van der Waals surface area contributed by atoms with Crippen LogP contribution in [-0.2, 0) is 9.47 Å². The van der Waals surface area contributed by atoms with Gasteiger partial charge in [0.1, 0.15) is 5.60 Å². The molecule has 0 aromatic rings. The van der Waals surface area contributed by atoms with Gasteiger partial charge >= 0.3 is 6.09 Å². The van der Waals surface area contributed by atoms with Crippen molar-refractivity contribution in [3.63, 3.8) is 0 Å². The van der Waals surface area contributed by atoms with Gasteiger partial charge in [-0.25, -0.2) is 4.79 Å². The minimum absolute atomic E-state index is 0.180. The summed E-state index contributed by atoms with van der Waals surface area (Å²) in [5, 5.41) is 6.77. The van der Waals surface area contributed by atoms with E-state index < -0.39 is 5.60 Å². The maximum absolute atomic E-state index is 11.9. The Kier molecular flexibility index (Phi) is 4.14. The highest BCUT2D eigenvalue weighted by atomic mass is 16.6. The summed E-state index contributed by atoms with van der Waals surface area (Å²) in [5.74, 6) is 0. The molecule has 0 radical (unpaired) electrons. The summed E-state index contributed by atoms with van der Waals surface area (Å²) >= 11 is 0. The topological polar surface area (TPSA) is 59.6 Å². The summed E-state index contributed by atoms with van der Waals surface area (Å²) in [6, 6.07) is 0.999. The number of hydrogen-bond acceptors (Lipinski definition) is 4. The van der Waals surface area contributed by atoms with Gasteiger partial charge in [-0.2, -0.15) is 0 Å². The Morgan fingerprint density at radius 3 is 2.48 bits per heavy atom. The Bertz CT molecular complexity index is 393. The van der Waals surface area contributed by atoms with Crippen LogP contribution >= 0.6 is 0 Å². The van der Waals surface area contributed by atoms with Gasteiger partial charge in [-0.05, 0) is 59.3 Å². The largest absolute Gasteiger partial charge is 0.444 e. The van der Waals surface area contributed by atoms with Crippen LogP contribution in [-0.4, -0.2) is 42.0 Å². The van der Waals surface area contributed by atoms with Gasteiger partial charge in [0, 0.05) is 18.1 Å². The lowest BCUT2D eigenvalue weighted by Gasteiger charge is -2.29. The maximum Gasteiger partial charge on any atom is 0.407 e. The Balaban J connectivity index is 1.50. The van der Waals surface area contributed by atoms with Crippen molar-refractivity contribution in [1.82, 2.24) is 10.6 Å². The molecule has 2 bridgehead atoms. The monoisotopic (exact) mass is 296 g/mol. The van der Waals surface area contributed by atoms with E-state index >= 15 is 0 Å². The van der Waals surface area contributed by atoms with Crippen LogP contribution in [0.3, 0.4) is 0 Å². The van der Waals surface area contributed by atoms with E-state index in [0.29, 0.717) is 24.3 Å². The van der Waals surface area contributed by atoms with Crippen molar-refractivity contribution >= 4 is 6.09 Å². The summed E-state index contributed by atoms with van der Waals surface area (Å²) in [6.45, 7) is 5.68. The van der Waals surface area contributed by atoms with Gasteiger partial charge in [0.2, 0.25) is 0 Å². The molecule has 0 aromatic heterocycles.